The van der Waals surface area contributed by atoms with Crippen LogP contribution < -0.4 is 5.32 Å². The number of fused-ring (bicyclic) bond motifs is 1. The topological polar surface area (TPSA) is 77.1 Å². The van der Waals surface area contributed by atoms with Gasteiger partial charge >= 0.3 is 0 Å². The number of hydrogen-bond acceptors (Lipinski definition) is 4. The Morgan fingerprint density at radius 1 is 1.33 bits per heavy atom. The molecule has 3 aromatic heterocycles. The van der Waals surface area contributed by atoms with Crippen LogP contribution in [0.5, 0.6) is 0 Å². The van der Waals surface area contributed by atoms with Crippen molar-refractivity contribution >= 4 is 44.9 Å². The van der Waals surface area contributed by atoms with Gasteiger partial charge in [-0.1, -0.05) is 17.7 Å². The fraction of sp³-hybridized carbons (Fsp3) is 0.0588. The number of carbonyl (C=O) groups excluding carboxylic acids is 1. The Labute approximate surface area is 165 Å². The van der Waals surface area contributed by atoms with Crippen LogP contribution in [0.4, 0.5) is 10.2 Å². The summed E-state index contributed by atoms with van der Waals surface area (Å²) >= 11 is 9.40. The largest absolute Gasteiger partial charge is 0.304 e. The lowest BCUT2D eigenvalue weighted by atomic mass is 10.2. The molecule has 0 saturated heterocycles. The summed E-state index contributed by atoms with van der Waals surface area (Å²) in [7, 11) is 0. The molecule has 0 saturated carbocycles. The number of amides is 1. The van der Waals surface area contributed by atoms with Gasteiger partial charge < -0.3 is 5.32 Å². The molecule has 0 aliphatic rings. The van der Waals surface area contributed by atoms with Gasteiger partial charge in [-0.15, -0.1) is 0 Å². The van der Waals surface area contributed by atoms with Gasteiger partial charge in [-0.25, -0.2) is 13.9 Å². The molecular formula is C17H11BrClFN6O. The van der Waals surface area contributed by atoms with Crippen LogP contribution in [0.25, 0.3) is 5.65 Å². The predicted octanol–water partition coefficient (Wildman–Crippen LogP) is 3.78. The number of nitrogens with one attached hydrogen (secondary N) is 1. The van der Waals surface area contributed by atoms with E-state index in [2.05, 4.69) is 36.4 Å². The number of aromatic nitrogens is 5. The van der Waals surface area contributed by atoms with E-state index in [1.165, 1.54) is 27.5 Å². The smallest absolute Gasteiger partial charge is 0.262 e. The van der Waals surface area contributed by atoms with Crippen molar-refractivity contribution < 1.29 is 9.18 Å². The van der Waals surface area contributed by atoms with Crippen LogP contribution in [0.2, 0.25) is 5.02 Å². The molecule has 0 aliphatic heterocycles. The van der Waals surface area contributed by atoms with Crippen LogP contribution in [0, 0.1) is 5.82 Å². The Bertz CT molecular complexity index is 1140. The first-order valence-corrected chi connectivity index (χ1v) is 8.95. The van der Waals surface area contributed by atoms with Crippen molar-refractivity contribution in [2.45, 2.75) is 6.54 Å². The highest BCUT2D eigenvalue weighted by Crippen LogP contribution is 2.24. The van der Waals surface area contributed by atoms with Crippen molar-refractivity contribution in [1.82, 2.24) is 24.4 Å². The molecule has 1 N–H and O–H groups in total. The zero-order valence-corrected chi connectivity index (χ0v) is 15.9. The summed E-state index contributed by atoms with van der Waals surface area (Å²) in [6, 6.07) is 6.20. The van der Waals surface area contributed by atoms with Crippen molar-refractivity contribution in [2.24, 2.45) is 0 Å². The second kappa shape index (κ2) is 7.09. The zero-order chi connectivity index (χ0) is 19.0. The third kappa shape index (κ3) is 3.43. The maximum absolute atomic E-state index is 14.0. The van der Waals surface area contributed by atoms with Crippen molar-refractivity contribution in [3.8, 4) is 0 Å². The van der Waals surface area contributed by atoms with Gasteiger partial charge in [0.05, 0.1) is 17.2 Å². The summed E-state index contributed by atoms with van der Waals surface area (Å²) in [5.41, 5.74) is 1.07. The highest BCUT2D eigenvalue weighted by Gasteiger charge is 2.17. The van der Waals surface area contributed by atoms with Crippen molar-refractivity contribution in [2.75, 3.05) is 5.32 Å². The lowest BCUT2D eigenvalue weighted by Crippen LogP contribution is -2.13. The second-order valence-corrected chi connectivity index (χ2v) is 6.89. The standard InChI is InChI=1S/C17H11BrClFN6O/c18-12-9-25(8-11-13(19)3-1-4-14(11)20)24-15(12)23-17(27)10-7-22-26-6-2-5-21-16(10)26/h1-7,9H,8H2,(H,23,24,27). The van der Waals surface area contributed by atoms with E-state index in [9.17, 15) is 9.18 Å². The van der Waals surface area contributed by atoms with Crippen LogP contribution in [0.15, 0.2) is 53.5 Å². The summed E-state index contributed by atoms with van der Waals surface area (Å²) in [6.45, 7) is 0.123. The average molecular weight is 450 g/mol. The first-order valence-electron chi connectivity index (χ1n) is 7.78. The fourth-order valence-electron chi connectivity index (χ4n) is 2.57. The molecule has 27 heavy (non-hydrogen) atoms. The predicted molar refractivity (Wildman–Crippen MR) is 101 cm³/mol. The van der Waals surface area contributed by atoms with E-state index in [1.54, 1.807) is 30.7 Å². The molecule has 0 spiro atoms. The van der Waals surface area contributed by atoms with Crippen molar-refractivity contribution in [3.05, 3.63) is 75.5 Å². The maximum Gasteiger partial charge on any atom is 0.262 e. The molecule has 4 aromatic rings. The molecule has 0 unspecified atom stereocenters. The number of rotatable bonds is 4. The molecule has 0 radical (unpaired) electrons. The SMILES string of the molecule is O=C(Nc1nn(Cc2c(F)cccc2Cl)cc1Br)c1cnn2cccnc12. The van der Waals surface area contributed by atoms with E-state index in [0.29, 0.717) is 32.1 Å². The Kier molecular flexibility index (Phi) is 4.63. The van der Waals surface area contributed by atoms with Crippen LogP contribution in [-0.2, 0) is 6.54 Å². The molecule has 10 heteroatoms. The van der Waals surface area contributed by atoms with Gasteiger partial charge in [0.1, 0.15) is 11.4 Å². The second-order valence-electron chi connectivity index (χ2n) is 5.62. The third-order valence-corrected chi connectivity index (χ3v) is 4.79. The Morgan fingerprint density at radius 2 is 2.19 bits per heavy atom. The summed E-state index contributed by atoms with van der Waals surface area (Å²) in [4.78, 5) is 16.7. The van der Waals surface area contributed by atoms with E-state index >= 15 is 0 Å². The minimum atomic E-state index is -0.419. The molecule has 0 aliphatic carbocycles. The van der Waals surface area contributed by atoms with E-state index in [0.717, 1.165) is 0 Å². The molecule has 0 bridgehead atoms. The number of anilines is 1. The molecule has 1 amide bonds. The number of nitrogens with zero attached hydrogens (tertiary/aromatic N) is 5. The van der Waals surface area contributed by atoms with Gasteiger partial charge in [0, 0.05) is 29.2 Å². The highest BCUT2D eigenvalue weighted by atomic mass is 79.9. The van der Waals surface area contributed by atoms with E-state index in [4.69, 9.17) is 11.6 Å². The summed E-state index contributed by atoms with van der Waals surface area (Å²) in [5, 5.41) is 11.4. The summed E-state index contributed by atoms with van der Waals surface area (Å²) < 4.78 is 17.5. The Hall–Kier alpha value is -2.78. The molecule has 1 aromatic carbocycles. The van der Waals surface area contributed by atoms with Gasteiger partial charge in [-0.05, 0) is 34.1 Å². The lowest BCUT2D eigenvalue weighted by molar-refractivity contribution is 0.102. The normalized spacial score (nSPS) is 11.1. The highest BCUT2D eigenvalue weighted by molar-refractivity contribution is 9.10. The number of hydrogen-bond donors (Lipinski definition) is 1. The monoisotopic (exact) mass is 448 g/mol. The van der Waals surface area contributed by atoms with Crippen LogP contribution >= 0.6 is 27.5 Å². The summed E-state index contributed by atoms with van der Waals surface area (Å²) in [5.74, 6) is -0.529. The first-order chi connectivity index (χ1) is 13.0. The van der Waals surface area contributed by atoms with Crippen molar-refractivity contribution in [3.63, 3.8) is 0 Å². The van der Waals surface area contributed by atoms with Crippen molar-refractivity contribution in [1.29, 1.82) is 0 Å². The van der Waals surface area contributed by atoms with Gasteiger partial charge in [-0.3, -0.25) is 9.48 Å². The van der Waals surface area contributed by atoms with E-state index < -0.39 is 11.7 Å². The van der Waals surface area contributed by atoms with E-state index in [1.807, 2.05) is 0 Å². The minimum absolute atomic E-state index is 0.123. The van der Waals surface area contributed by atoms with Gasteiger partial charge in [-0.2, -0.15) is 10.2 Å². The number of carbonyl (C=O) groups is 1. The lowest BCUT2D eigenvalue weighted by Gasteiger charge is -2.06. The number of halogens is 3. The molecule has 3 heterocycles. The molecule has 136 valence electrons. The Morgan fingerprint density at radius 3 is 3.00 bits per heavy atom. The van der Waals surface area contributed by atoms with Crippen LogP contribution in [0.3, 0.4) is 0 Å². The molecule has 7 nitrogen and oxygen atoms in total. The van der Waals surface area contributed by atoms with Crippen LogP contribution in [0.1, 0.15) is 15.9 Å². The first kappa shape index (κ1) is 17.6. The quantitative estimate of drug-likeness (QED) is 0.514. The van der Waals surface area contributed by atoms with Gasteiger partial charge in [0.15, 0.2) is 11.5 Å². The van der Waals surface area contributed by atoms with Gasteiger partial charge in [0.25, 0.3) is 5.91 Å². The molecule has 0 atom stereocenters. The maximum atomic E-state index is 14.0. The molecule has 0 fully saturated rings. The average Bonchev–Trinajstić information content (AvgIpc) is 3.22. The fourth-order valence-corrected chi connectivity index (χ4v) is 3.21. The molecular weight excluding hydrogens is 439 g/mol. The molecule has 4 rings (SSSR count). The Balaban J connectivity index is 1.58. The van der Waals surface area contributed by atoms with E-state index in [-0.39, 0.29) is 6.54 Å². The third-order valence-electron chi connectivity index (χ3n) is 3.85. The summed E-state index contributed by atoms with van der Waals surface area (Å²) in [6.07, 6.45) is 6.34. The number of benzene rings is 1. The van der Waals surface area contributed by atoms with Gasteiger partial charge in [0.2, 0.25) is 0 Å². The minimum Gasteiger partial charge on any atom is -0.304 e. The van der Waals surface area contributed by atoms with Crippen LogP contribution in [-0.4, -0.2) is 30.3 Å². The zero-order valence-electron chi connectivity index (χ0n) is 13.6.